The van der Waals surface area contributed by atoms with Gasteiger partial charge in [-0.05, 0) is 24.1 Å². The molecule has 0 amide bonds. The first kappa shape index (κ1) is 11.6. The molecule has 0 aliphatic carbocycles. The van der Waals surface area contributed by atoms with E-state index in [1.54, 1.807) is 12.1 Å². The molecule has 0 unspecified atom stereocenters. The molecular formula is C13H16N2O2. The summed E-state index contributed by atoms with van der Waals surface area (Å²) < 4.78 is 2.03. The monoisotopic (exact) mass is 232 g/mol. The zero-order chi connectivity index (χ0) is 12.6. The Hall–Kier alpha value is -1.84. The number of aromatic carboxylic acids is 1. The molecule has 0 atom stereocenters. The third-order valence-corrected chi connectivity index (χ3v) is 2.81. The van der Waals surface area contributed by atoms with E-state index in [-0.39, 0.29) is 5.56 Å². The lowest BCUT2D eigenvalue weighted by molar-refractivity contribution is 0.0697. The summed E-state index contributed by atoms with van der Waals surface area (Å²) in [5.74, 6) is 0.616. The van der Waals surface area contributed by atoms with E-state index in [0.717, 1.165) is 23.3 Å². The average Bonchev–Trinajstić information content (AvgIpc) is 2.54. The van der Waals surface area contributed by atoms with Crippen LogP contribution >= 0.6 is 0 Å². The molecule has 1 N–H and O–H groups in total. The maximum atomic E-state index is 10.9. The lowest BCUT2D eigenvalue weighted by atomic mass is 10.1. The lowest BCUT2D eigenvalue weighted by Crippen LogP contribution is -2.02. The molecule has 2 rings (SSSR count). The Morgan fingerprint density at radius 3 is 2.76 bits per heavy atom. The number of hydrogen-bond donors (Lipinski definition) is 1. The highest BCUT2D eigenvalue weighted by molar-refractivity contribution is 5.92. The van der Waals surface area contributed by atoms with Gasteiger partial charge in [0.05, 0.1) is 16.6 Å². The van der Waals surface area contributed by atoms with Crippen molar-refractivity contribution in [3.8, 4) is 0 Å². The number of hydrogen-bond acceptors (Lipinski definition) is 2. The number of aryl methyl sites for hydroxylation is 1. The molecule has 4 heteroatoms. The predicted octanol–water partition coefficient (Wildman–Crippen LogP) is 2.47. The van der Waals surface area contributed by atoms with Gasteiger partial charge in [0, 0.05) is 13.5 Å². The summed E-state index contributed by atoms with van der Waals surface area (Å²) in [6.45, 7) is 4.28. The third-order valence-electron chi connectivity index (χ3n) is 2.81. The summed E-state index contributed by atoms with van der Waals surface area (Å²) in [5.41, 5.74) is 2.01. The van der Waals surface area contributed by atoms with Crippen LogP contribution in [-0.2, 0) is 13.5 Å². The van der Waals surface area contributed by atoms with Crippen LogP contribution in [0, 0.1) is 5.92 Å². The number of carboxylic acid groups (broad SMARTS) is 1. The fourth-order valence-corrected chi connectivity index (χ4v) is 1.93. The summed E-state index contributed by atoms with van der Waals surface area (Å²) in [6.07, 6.45) is 0.896. The minimum atomic E-state index is -0.914. The van der Waals surface area contributed by atoms with Crippen LogP contribution in [-0.4, -0.2) is 20.6 Å². The van der Waals surface area contributed by atoms with Gasteiger partial charge in [-0.2, -0.15) is 0 Å². The summed E-state index contributed by atoms with van der Waals surface area (Å²) in [4.78, 5) is 15.4. The SMILES string of the molecule is CC(C)Cc1nc2cc(C(=O)O)ccc2n1C. The second-order valence-corrected chi connectivity index (χ2v) is 4.69. The molecular weight excluding hydrogens is 216 g/mol. The van der Waals surface area contributed by atoms with Crippen molar-refractivity contribution in [3.63, 3.8) is 0 Å². The van der Waals surface area contributed by atoms with Crippen molar-refractivity contribution in [2.75, 3.05) is 0 Å². The molecule has 0 fully saturated rings. The first-order valence-electron chi connectivity index (χ1n) is 5.67. The van der Waals surface area contributed by atoms with E-state index in [2.05, 4.69) is 18.8 Å². The van der Waals surface area contributed by atoms with Gasteiger partial charge in [-0.25, -0.2) is 9.78 Å². The molecule has 1 heterocycles. The van der Waals surface area contributed by atoms with Gasteiger partial charge < -0.3 is 9.67 Å². The van der Waals surface area contributed by atoms with Gasteiger partial charge in [-0.15, -0.1) is 0 Å². The summed E-state index contributed by atoms with van der Waals surface area (Å²) in [7, 11) is 1.97. The number of nitrogens with zero attached hydrogens (tertiary/aromatic N) is 2. The molecule has 0 bridgehead atoms. The van der Waals surface area contributed by atoms with Crippen molar-refractivity contribution in [1.29, 1.82) is 0 Å². The van der Waals surface area contributed by atoms with E-state index in [9.17, 15) is 4.79 Å². The highest BCUT2D eigenvalue weighted by Crippen LogP contribution is 2.18. The largest absolute Gasteiger partial charge is 0.478 e. The molecule has 4 nitrogen and oxygen atoms in total. The number of imidazole rings is 1. The summed E-state index contributed by atoms with van der Waals surface area (Å²) >= 11 is 0. The van der Waals surface area contributed by atoms with E-state index in [1.807, 2.05) is 17.7 Å². The van der Waals surface area contributed by atoms with E-state index in [1.165, 1.54) is 0 Å². The second kappa shape index (κ2) is 4.20. The van der Waals surface area contributed by atoms with Gasteiger partial charge in [-0.3, -0.25) is 0 Å². The fourth-order valence-electron chi connectivity index (χ4n) is 1.93. The molecule has 17 heavy (non-hydrogen) atoms. The topological polar surface area (TPSA) is 55.1 Å². The van der Waals surface area contributed by atoms with Crippen LogP contribution in [0.2, 0.25) is 0 Å². The van der Waals surface area contributed by atoms with E-state index >= 15 is 0 Å². The molecule has 0 saturated carbocycles. The Bertz CT molecular complexity index is 570. The zero-order valence-corrected chi connectivity index (χ0v) is 10.3. The minimum absolute atomic E-state index is 0.284. The quantitative estimate of drug-likeness (QED) is 0.884. The van der Waals surface area contributed by atoms with Crippen LogP contribution < -0.4 is 0 Å². The average molecular weight is 232 g/mol. The Morgan fingerprint density at radius 2 is 2.18 bits per heavy atom. The second-order valence-electron chi connectivity index (χ2n) is 4.69. The molecule has 90 valence electrons. The van der Waals surface area contributed by atoms with Crippen LogP contribution in [0.25, 0.3) is 11.0 Å². The van der Waals surface area contributed by atoms with E-state index in [4.69, 9.17) is 5.11 Å². The number of benzene rings is 1. The Balaban J connectivity index is 2.53. The Labute approximate surface area is 99.9 Å². The minimum Gasteiger partial charge on any atom is -0.478 e. The first-order chi connectivity index (χ1) is 7.99. The van der Waals surface area contributed by atoms with Gasteiger partial charge in [0.1, 0.15) is 5.82 Å². The van der Waals surface area contributed by atoms with Crippen molar-refractivity contribution < 1.29 is 9.90 Å². The van der Waals surface area contributed by atoms with Gasteiger partial charge in [0.25, 0.3) is 0 Å². The smallest absolute Gasteiger partial charge is 0.335 e. The highest BCUT2D eigenvalue weighted by atomic mass is 16.4. The molecule has 0 aliphatic rings. The van der Waals surface area contributed by atoms with Crippen LogP contribution in [0.15, 0.2) is 18.2 Å². The number of carboxylic acids is 1. The molecule has 0 aliphatic heterocycles. The Morgan fingerprint density at radius 1 is 1.47 bits per heavy atom. The number of carbonyl (C=O) groups is 1. The maximum absolute atomic E-state index is 10.9. The standard InChI is InChI=1S/C13H16N2O2/c1-8(2)6-12-14-10-7-9(13(16)17)4-5-11(10)15(12)3/h4-5,7-8H,6H2,1-3H3,(H,16,17). The summed E-state index contributed by atoms with van der Waals surface area (Å²) in [5, 5.41) is 8.93. The van der Waals surface area contributed by atoms with Crippen molar-refractivity contribution in [3.05, 3.63) is 29.6 Å². The van der Waals surface area contributed by atoms with Gasteiger partial charge >= 0.3 is 5.97 Å². The van der Waals surface area contributed by atoms with Crippen LogP contribution in [0.4, 0.5) is 0 Å². The van der Waals surface area contributed by atoms with Gasteiger partial charge in [0.2, 0.25) is 0 Å². The number of aromatic nitrogens is 2. The molecule has 0 spiro atoms. The van der Waals surface area contributed by atoms with Crippen molar-refractivity contribution in [2.24, 2.45) is 13.0 Å². The van der Waals surface area contributed by atoms with Crippen molar-refractivity contribution in [1.82, 2.24) is 9.55 Å². The van der Waals surface area contributed by atoms with Crippen LogP contribution in [0.5, 0.6) is 0 Å². The highest BCUT2D eigenvalue weighted by Gasteiger charge is 2.11. The molecule has 0 saturated heterocycles. The summed E-state index contributed by atoms with van der Waals surface area (Å²) in [6, 6.07) is 5.06. The van der Waals surface area contributed by atoms with Gasteiger partial charge in [-0.1, -0.05) is 13.8 Å². The molecule has 0 radical (unpaired) electrons. The van der Waals surface area contributed by atoms with Crippen molar-refractivity contribution in [2.45, 2.75) is 20.3 Å². The molecule has 2 aromatic rings. The van der Waals surface area contributed by atoms with E-state index in [0.29, 0.717) is 5.92 Å². The lowest BCUT2D eigenvalue weighted by Gasteiger charge is -2.04. The van der Waals surface area contributed by atoms with Crippen molar-refractivity contribution >= 4 is 17.0 Å². The first-order valence-corrected chi connectivity index (χ1v) is 5.67. The Kier molecular flexibility index (Phi) is 2.88. The van der Waals surface area contributed by atoms with E-state index < -0.39 is 5.97 Å². The third kappa shape index (κ3) is 2.16. The number of fused-ring (bicyclic) bond motifs is 1. The fraction of sp³-hybridized carbons (Fsp3) is 0.385. The maximum Gasteiger partial charge on any atom is 0.335 e. The molecule has 1 aromatic carbocycles. The van der Waals surface area contributed by atoms with Crippen LogP contribution in [0.3, 0.4) is 0 Å². The molecule has 1 aromatic heterocycles. The zero-order valence-electron chi connectivity index (χ0n) is 10.3. The van der Waals surface area contributed by atoms with Crippen LogP contribution in [0.1, 0.15) is 30.0 Å². The predicted molar refractivity (Wildman–Crippen MR) is 66.2 cm³/mol. The normalized spacial score (nSPS) is 11.3. The number of rotatable bonds is 3. The van der Waals surface area contributed by atoms with Gasteiger partial charge in [0.15, 0.2) is 0 Å².